The highest BCUT2D eigenvalue weighted by Crippen LogP contribution is 2.20. The fraction of sp³-hybridized carbons (Fsp3) is 0.778. The van der Waals surface area contributed by atoms with E-state index >= 15 is 0 Å². The summed E-state index contributed by atoms with van der Waals surface area (Å²) in [5.41, 5.74) is 6.65. The van der Waals surface area contributed by atoms with Crippen LogP contribution < -0.4 is 5.73 Å². The Balaban J connectivity index is 2.65. The molecular weight excluding hydrogens is 260 g/mol. The third-order valence-corrected chi connectivity index (χ3v) is 2.44. The Morgan fingerprint density at radius 1 is 1.53 bits per heavy atom. The smallest absolute Gasteiger partial charge is 0.153 e. The first-order valence-corrected chi connectivity index (χ1v) is 5.55. The summed E-state index contributed by atoms with van der Waals surface area (Å²) in [6, 6.07) is -0.224. The number of halogens is 1. The zero-order chi connectivity index (χ0) is 11.6. The molecule has 15 heavy (non-hydrogen) atoms. The lowest BCUT2D eigenvalue weighted by molar-refractivity contribution is -0.0111. The topological polar surface area (TPSA) is 66.0 Å². The van der Waals surface area contributed by atoms with Gasteiger partial charge < -0.3 is 10.5 Å². The molecule has 5 nitrogen and oxygen atoms in total. The molecule has 0 aliphatic heterocycles. The van der Waals surface area contributed by atoms with Crippen molar-refractivity contribution in [1.29, 1.82) is 0 Å². The van der Waals surface area contributed by atoms with E-state index in [9.17, 15) is 0 Å². The first-order valence-electron chi connectivity index (χ1n) is 4.76. The molecule has 0 fully saturated rings. The molecule has 0 amide bonds. The lowest BCUT2D eigenvalue weighted by Gasteiger charge is -2.22. The van der Waals surface area contributed by atoms with Gasteiger partial charge >= 0.3 is 0 Å². The van der Waals surface area contributed by atoms with Crippen LogP contribution in [0.2, 0.25) is 0 Å². The van der Waals surface area contributed by atoms with Gasteiger partial charge in [-0.3, -0.25) is 0 Å². The van der Waals surface area contributed by atoms with Gasteiger partial charge in [0.15, 0.2) is 4.60 Å². The molecule has 2 N–H and O–H groups in total. The van der Waals surface area contributed by atoms with Gasteiger partial charge in [0.25, 0.3) is 0 Å². The average molecular weight is 277 g/mol. The fourth-order valence-corrected chi connectivity index (χ4v) is 1.77. The van der Waals surface area contributed by atoms with Crippen LogP contribution >= 0.6 is 15.9 Å². The number of aromatic nitrogens is 3. The molecule has 0 aromatic carbocycles. The summed E-state index contributed by atoms with van der Waals surface area (Å²) in [5.74, 6) is 0. The zero-order valence-electron chi connectivity index (χ0n) is 9.49. The van der Waals surface area contributed by atoms with Gasteiger partial charge in [-0.25, -0.2) is 4.68 Å². The Morgan fingerprint density at radius 2 is 2.13 bits per heavy atom. The van der Waals surface area contributed by atoms with Crippen molar-refractivity contribution in [2.75, 3.05) is 6.61 Å². The Labute approximate surface area is 98.1 Å². The minimum absolute atomic E-state index is 0.184. The first kappa shape index (κ1) is 12.6. The van der Waals surface area contributed by atoms with Crippen LogP contribution in [0, 0.1) is 0 Å². The van der Waals surface area contributed by atoms with Crippen LogP contribution in [-0.2, 0) is 11.8 Å². The van der Waals surface area contributed by atoms with Crippen LogP contribution in [-0.4, -0.2) is 27.2 Å². The van der Waals surface area contributed by atoms with Gasteiger partial charge in [0.1, 0.15) is 0 Å². The van der Waals surface area contributed by atoms with Gasteiger partial charge in [-0.2, -0.15) is 0 Å². The number of aryl methyl sites for hydroxylation is 1. The molecule has 86 valence electrons. The van der Waals surface area contributed by atoms with E-state index in [1.54, 1.807) is 4.68 Å². The summed E-state index contributed by atoms with van der Waals surface area (Å²) in [6.07, 6.45) is 0. The van der Waals surface area contributed by atoms with E-state index in [-0.39, 0.29) is 11.6 Å². The van der Waals surface area contributed by atoms with Crippen molar-refractivity contribution in [3.05, 3.63) is 10.3 Å². The summed E-state index contributed by atoms with van der Waals surface area (Å²) in [4.78, 5) is 0. The van der Waals surface area contributed by atoms with Crippen molar-refractivity contribution in [3.8, 4) is 0 Å². The average Bonchev–Trinajstić information content (AvgIpc) is 2.41. The molecule has 0 spiro atoms. The predicted molar refractivity (Wildman–Crippen MR) is 61.3 cm³/mol. The lowest BCUT2D eigenvalue weighted by Crippen LogP contribution is -2.27. The van der Waals surface area contributed by atoms with E-state index < -0.39 is 0 Å². The molecule has 0 aliphatic rings. The van der Waals surface area contributed by atoms with Crippen LogP contribution in [0.3, 0.4) is 0 Å². The summed E-state index contributed by atoms with van der Waals surface area (Å²) < 4.78 is 7.94. The normalized spacial score (nSPS) is 14.3. The third-order valence-electron chi connectivity index (χ3n) is 1.87. The van der Waals surface area contributed by atoms with Crippen molar-refractivity contribution in [3.63, 3.8) is 0 Å². The molecule has 0 bridgehead atoms. The highest BCUT2D eigenvalue weighted by Gasteiger charge is 2.19. The van der Waals surface area contributed by atoms with Crippen molar-refractivity contribution in [1.82, 2.24) is 15.0 Å². The van der Waals surface area contributed by atoms with E-state index in [0.29, 0.717) is 11.2 Å². The zero-order valence-corrected chi connectivity index (χ0v) is 11.1. The number of rotatable bonds is 3. The minimum atomic E-state index is -0.224. The highest BCUT2D eigenvalue weighted by molar-refractivity contribution is 9.10. The maximum absolute atomic E-state index is 5.99. The van der Waals surface area contributed by atoms with Crippen molar-refractivity contribution in [2.45, 2.75) is 32.4 Å². The van der Waals surface area contributed by atoms with Crippen molar-refractivity contribution < 1.29 is 4.74 Å². The summed E-state index contributed by atoms with van der Waals surface area (Å²) in [6.45, 7) is 6.44. The van der Waals surface area contributed by atoms with Crippen LogP contribution in [0.25, 0.3) is 0 Å². The van der Waals surface area contributed by atoms with Crippen LogP contribution in [0.4, 0.5) is 0 Å². The second-order valence-electron chi connectivity index (χ2n) is 4.42. The molecule has 0 radical (unpaired) electrons. The molecule has 1 atom stereocenters. The van der Waals surface area contributed by atoms with Gasteiger partial charge in [-0.15, -0.1) is 5.10 Å². The summed E-state index contributed by atoms with van der Waals surface area (Å²) in [5, 5.41) is 7.74. The van der Waals surface area contributed by atoms with Gasteiger partial charge in [0.05, 0.1) is 23.9 Å². The van der Waals surface area contributed by atoms with E-state index in [2.05, 4.69) is 26.2 Å². The Morgan fingerprint density at radius 3 is 2.53 bits per heavy atom. The summed E-state index contributed by atoms with van der Waals surface area (Å²) in [7, 11) is 1.81. The maximum Gasteiger partial charge on any atom is 0.153 e. The van der Waals surface area contributed by atoms with Crippen LogP contribution in [0.15, 0.2) is 4.60 Å². The Hall–Kier alpha value is -0.460. The number of ether oxygens (including phenoxy) is 1. The first-order chi connectivity index (χ1) is 6.81. The highest BCUT2D eigenvalue weighted by atomic mass is 79.9. The molecule has 1 rings (SSSR count). The number of hydrogen-bond acceptors (Lipinski definition) is 4. The minimum Gasteiger partial charge on any atom is -0.374 e. The number of nitrogens with zero attached hydrogens (tertiary/aromatic N) is 3. The van der Waals surface area contributed by atoms with Crippen molar-refractivity contribution >= 4 is 15.9 Å². The second kappa shape index (κ2) is 4.59. The number of hydrogen-bond donors (Lipinski definition) is 1. The molecule has 0 aliphatic carbocycles. The van der Waals surface area contributed by atoms with Gasteiger partial charge in [0, 0.05) is 7.05 Å². The molecule has 1 unspecified atom stereocenters. The Bertz CT molecular complexity index is 312. The molecule has 1 aromatic rings. The SMILES string of the molecule is Cn1nnc(Br)c1C(N)COC(C)(C)C. The largest absolute Gasteiger partial charge is 0.374 e. The molecule has 0 saturated heterocycles. The van der Waals surface area contributed by atoms with Gasteiger partial charge in [-0.05, 0) is 36.7 Å². The van der Waals surface area contributed by atoms with Gasteiger partial charge in [-0.1, -0.05) is 5.21 Å². The molecular formula is C9H17BrN4O. The Kier molecular flexibility index (Phi) is 3.86. The van der Waals surface area contributed by atoms with Crippen molar-refractivity contribution in [2.24, 2.45) is 12.8 Å². The monoisotopic (exact) mass is 276 g/mol. The quantitative estimate of drug-likeness (QED) is 0.906. The van der Waals surface area contributed by atoms with E-state index in [1.165, 1.54) is 0 Å². The maximum atomic E-state index is 5.99. The van der Waals surface area contributed by atoms with E-state index in [1.807, 2.05) is 27.8 Å². The number of nitrogens with two attached hydrogens (primary N) is 1. The van der Waals surface area contributed by atoms with Crippen LogP contribution in [0.1, 0.15) is 32.5 Å². The lowest BCUT2D eigenvalue weighted by atomic mass is 10.2. The molecule has 6 heteroatoms. The van der Waals surface area contributed by atoms with Crippen LogP contribution in [0.5, 0.6) is 0 Å². The third kappa shape index (κ3) is 3.55. The van der Waals surface area contributed by atoms with E-state index in [0.717, 1.165) is 5.69 Å². The standard InChI is InChI=1S/C9H17BrN4O/c1-9(2,3)15-5-6(11)7-8(10)12-13-14(7)4/h6H,5,11H2,1-4H3. The molecule has 1 heterocycles. The second-order valence-corrected chi connectivity index (χ2v) is 5.17. The fourth-order valence-electron chi connectivity index (χ4n) is 1.15. The predicted octanol–water partition coefficient (Wildman–Crippen LogP) is 1.39. The molecule has 1 aromatic heterocycles. The molecule has 0 saturated carbocycles. The summed E-state index contributed by atoms with van der Waals surface area (Å²) >= 11 is 3.31. The van der Waals surface area contributed by atoms with Gasteiger partial charge in [0.2, 0.25) is 0 Å². The van der Waals surface area contributed by atoms with E-state index in [4.69, 9.17) is 10.5 Å².